The molecule has 0 atom stereocenters. The van der Waals surface area contributed by atoms with Crippen LogP contribution in [-0.4, -0.2) is 29.9 Å². The van der Waals surface area contributed by atoms with Gasteiger partial charge in [0.25, 0.3) is 0 Å². The summed E-state index contributed by atoms with van der Waals surface area (Å²) in [5.41, 5.74) is 30.6. The first-order valence-corrected chi connectivity index (χ1v) is 20.7. The van der Waals surface area contributed by atoms with E-state index in [0.29, 0.717) is 0 Å². The van der Waals surface area contributed by atoms with Gasteiger partial charge in [0.2, 0.25) is 0 Å². The van der Waals surface area contributed by atoms with Gasteiger partial charge in [-0.05, 0) is 264 Å². The zero-order valence-electron chi connectivity index (χ0n) is 39.7. The number of aryl methyl sites for hydroxylation is 2. The molecule has 6 heteroatoms. The maximum atomic E-state index is 5.02. The van der Waals surface area contributed by atoms with E-state index in [0.717, 1.165) is 57.2 Å². The molecule has 4 aromatic carbocycles. The Morgan fingerprint density at radius 2 is 0.276 bits per heavy atom. The number of benzene rings is 4. The number of aromatic nitrogens is 6. The highest BCUT2D eigenvalue weighted by Crippen LogP contribution is 2.38. The smallest absolute Gasteiger partial charge is 0.164 e. The van der Waals surface area contributed by atoms with Crippen molar-refractivity contribution < 1.29 is 0 Å². The molecule has 2 heterocycles. The Bertz CT molecular complexity index is 2200. The van der Waals surface area contributed by atoms with E-state index in [9.17, 15) is 0 Å². The van der Waals surface area contributed by atoms with Crippen molar-refractivity contribution in [2.75, 3.05) is 0 Å². The van der Waals surface area contributed by atoms with Crippen molar-refractivity contribution >= 4 is 0 Å². The highest BCUT2D eigenvalue weighted by molar-refractivity contribution is 5.76. The van der Waals surface area contributed by atoms with Crippen molar-refractivity contribution in [1.29, 1.82) is 0 Å². The van der Waals surface area contributed by atoms with Crippen LogP contribution in [0.1, 0.15) is 123 Å². The van der Waals surface area contributed by atoms with Crippen LogP contribution in [0.3, 0.4) is 0 Å². The third-order valence-electron chi connectivity index (χ3n) is 14.4. The third-order valence-corrected chi connectivity index (χ3v) is 14.4. The van der Waals surface area contributed by atoms with Gasteiger partial charge in [0, 0.05) is 22.3 Å². The van der Waals surface area contributed by atoms with Crippen LogP contribution in [0.5, 0.6) is 0 Å². The average Bonchev–Trinajstić information content (AvgIpc) is 3.18. The van der Waals surface area contributed by atoms with Gasteiger partial charge in [-0.15, -0.1) is 0 Å². The highest BCUT2D eigenvalue weighted by atomic mass is 15.0. The van der Waals surface area contributed by atoms with Gasteiger partial charge in [0.15, 0.2) is 23.3 Å². The Labute approximate surface area is 349 Å². The standard InChI is InChI=1S/2C26H33N3/c2*1-12-14(3)18(7)23(19(8)15(12)4)25-27-22(11)28-26(29-25)24-20(9)16(5)13(2)17(6)21(24)10/h2*1-11H3. The van der Waals surface area contributed by atoms with Crippen LogP contribution in [0.15, 0.2) is 0 Å². The second-order valence-electron chi connectivity index (χ2n) is 17.1. The Hall–Kier alpha value is -5.10. The molecule has 6 aromatic rings. The molecule has 0 aliphatic carbocycles. The van der Waals surface area contributed by atoms with Crippen molar-refractivity contribution in [3.63, 3.8) is 0 Å². The molecule has 0 aliphatic rings. The quantitative estimate of drug-likeness (QED) is 0.177. The minimum atomic E-state index is 0.759. The molecule has 0 radical (unpaired) electrons. The predicted octanol–water partition coefficient (Wildman–Crippen LogP) is 13.2. The molecule has 0 saturated heterocycles. The molecule has 58 heavy (non-hydrogen) atoms. The van der Waals surface area contributed by atoms with Crippen molar-refractivity contribution in [2.24, 2.45) is 0 Å². The Balaban J connectivity index is 0.000000221. The predicted molar refractivity (Wildman–Crippen MR) is 246 cm³/mol. The van der Waals surface area contributed by atoms with Crippen LogP contribution < -0.4 is 0 Å². The van der Waals surface area contributed by atoms with Crippen molar-refractivity contribution in [2.45, 2.75) is 152 Å². The minimum absolute atomic E-state index is 0.759. The molecular weight excluding hydrogens is 709 g/mol. The summed E-state index contributed by atoms with van der Waals surface area (Å²) >= 11 is 0. The van der Waals surface area contributed by atoms with Crippen LogP contribution in [0.4, 0.5) is 0 Å². The van der Waals surface area contributed by atoms with Gasteiger partial charge in [-0.2, -0.15) is 0 Å². The van der Waals surface area contributed by atoms with Crippen LogP contribution in [0, 0.1) is 152 Å². The van der Waals surface area contributed by atoms with E-state index in [1.54, 1.807) is 0 Å². The molecule has 0 fully saturated rings. The van der Waals surface area contributed by atoms with E-state index in [1.165, 1.54) is 111 Å². The van der Waals surface area contributed by atoms with Crippen LogP contribution in [0.25, 0.3) is 45.6 Å². The maximum absolute atomic E-state index is 5.02. The molecule has 0 spiro atoms. The Morgan fingerprint density at radius 3 is 0.414 bits per heavy atom. The van der Waals surface area contributed by atoms with Gasteiger partial charge in [-0.1, -0.05) is 0 Å². The van der Waals surface area contributed by atoms with Crippen LogP contribution in [-0.2, 0) is 0 Å². The Morgan fingerprint density at radius 1 is 0.155 bits per heavy atom. The molecule has 0 aliphatic heterocycles. The molecule has 6 rings (SSSR count). The first-order valence-electron chi connectivity index (χ1n) is 20.7. The highest BCUT2D eigenvalue weighted by Gasteiger charge is 2.23. The summed E-state index contributed by atoms with van der Waals surface area (Å²) in [6.07, 6.45) is 0. The van der Waals surface area contributed by atoms with Gasteiger partial charge in [0.05, 0.1) is 0 Å². The second-order valence-corrected chi connectivity index (χ2v) is 17.1. The van der Waals surface area contributed by atoms with Gasteiger partial charge in [-0.25, -0.2) is 29.9 Å². The monoisotopic (exact) mass is 775 g/mol. The summed E-state index contributed by atoms with van der Waals surface area (Å²) in [6, 6.07) is 0. The van der Waals surface area contributed by atoms with Crippen molar-refractivity contribution in [3.05, 3.63) is 123 Å². The molecule has 0 N–H and O–H groups in total. The summed E-state index contributed by atoms with van der Waals surface area (Å²) in [6.45, 7) is 47.7. The van der Waals surface area contributed by atoms with E-state index in [2.05, 4.69) is 138 Å². The van der Waals surface area contributed by atoms with E-state index >= 15 is 0 Å². The van der Waals surface area contributed by atoms with Gasteiger partial charge in [-0.3, -0.25) is 0 Å². The SMILES string of the molecule is Cc1nc(-c2c(C)c(C)c(C)c(C)c2C)nc(-c2c(C)c(C)c(C)c(C)c2C)n1.Cc1nc(-c2c(C)c(C)c(C)c(C)c2C)nc(-c2c(C)c(C)c(C)c(C)c2C)n1. The van der Waals surface area contributed by atoms with Gasteiger partial charge in [0.1, 0.15) is 11.6 Å². The van der Waals surface area contributed by atoms with E-state index < -0.39 is 0 Å². The van der Waals surface area contributed by atoms with Crippen molar-refractivity contribution in [1.82, 2.24) is 29.9 Å². The largest absolute Gasteiger partial charge is 0.213 e. The summed E-state index contributed by atoms with van der Waals surface area (Å²) in [4.78, 5) is 29.1. The molecule has 0 amide bonds. The van der Waals surface area contributed by atoms with E-state index in [-0.39, 0.29) is 0 Å². The van der Waals surface area contributed by atoms with Crippen molar-refractivity contribution in [3.8, 4) is 45.6 Å². The van der Waals surface area contributed by atoms with Gasteiger partial charge < -0.3 is 0 Å². The fraction of sp³-hybridized carbons (Fsp3) is 0.423. The number of nitrogens with zero attached hydrogens (tertiary/aromatic N) is 6. The molecule has 6 nitrogen and oxygen atoms in total. The first kappa shape index (κ1) is 44.0. The zero-order valence-corrected chi connectivity index (χ0v) is 39.7. The molecular formula is C52H66N6. The first-order chi connectivity index (χ1) is 26.9. The maximum Gasteiger partial charge on any atom is 0.164 e. The lowest BCUT2D eigenvalue weighted by molar-refractivity contribution is 0.977. The molecule has 2 aromatic heterocycles. The summed E-state index contributed by atoms with van der Waals surface area (Å²) < 4.78 is 0. The normalized spacial score (nSPS) is 11.3. The summed E-state index contributed by atoms with van der Waals surface area (Å²) in [5.74, 6) is 4.64. The second kappa shape index (κ2) is 16.3. The lowest BCUT2D eigenvalue weighted by Crippen LogP contribution is -2.07. The third kappa shape index (κ3) is 7.40. The zero-order chi connectivity index (χ0) is 43.6. The lowest BCUT2D eigenvalue weighted by Gasteiger charge is -2.20. The van der Waals surface area contributed by atoms with E-state index in [1.807, 2.05) is 13.8 Å². The Kier molecular flexibility index (Phi) is 12.3. The number of rotatable bonds is 4. The molecule has 0 unspecified atom stereocenters. The number of hydrogen-bond acceptors (Lipinski definition) is 6. The van der Waals surface area contributed by atoms with Crippen LogP contribution in [0.2, 0.25) is 0 Å². The topological polar surface area (TPSA) is 77.3 Å². The summed E-state index contributed by atoms with van der Waals surface area (Å²) in [5, 5.41) is 0. The van der Waals surface area contributed by atoms with E-state index in [4.69, 9.17) is 29.9 Å². The minimum Gasteiger partial charge on any atom is -0.213 e. The molecule has 304 valence electrons. The fourth-order valence-electron chi connectivity index (χ4n) is 8.75. The number of hydrogen-bond donors (Lipinski definition) is 0. The average molecular weight is 775 g/mol. The fourth-order valence-corrected chi connectivity index (χ4v) is 8.75. The van der Waals surface area contributed by atoms with Crippen LogP contribution >= 0.6 is 0 Å². The van der Waals surface area contributed by atoms with Gasteiger partial charge >= 0.3 is 0 Å². The lowest BCUT2D eigenvalue weighted by atomic mass is 9.88. The molecule has 0 saturated carbocycles. The molecule has 0 bridgehead atoms. The summed E-state index contributed by atoms with van der Waals surface area (Å²) in [7, 11) is 0.